The van der Waals surface area contributed by atoms with E-state index in [9.17, 15) is 14.4 Å². The van der Waals surface area contributed by atoms with Gasteiger partial charge in [-0.3, -0.25) is 14.4 Å². The third-order valence-corrected chi connectivity index (χ3v) is 2.93. The van der Waals surface area contributed by atoms with Gasteiger partial charge in [0, 0.05) is 0 Å². The van der Waals surface area contributed by atoms with Crippen LogP contribution in [0.3, 0.4) is 0 Å². The molecule has 21 heavy (non-hydrogen) atoms. The van der Waals surface area contributed by atoms with Gasteiger partial charge in [-0.2, -0.15) is 0 Å². The molecule has 1 aromatic carbocycles. The van der Waals surface area contributed by atoms with Crippen molar-refractivity contribution in [3.63, 3.8) is 0 Å². The standard InChI is InChI=1S/C16H21NO4/c1-11(2)16(20)21-10-15(19)17-14(12(3)18)9-13-7-5-4-6-8-13/h4-8,11,14H,9-10H2,1-3H3,(H,17,19)/t14-/m0/s1. The SMILES string of the molecule is CC(=O)[C@H](Cc1ccccc1)NC(=O)COC(=O)C(C)C. The third-order valence-electron chi connectivity index (χ3n) is 2.93. The van der Waals surface area contributed by atoms with E-state index in [1.165, 1.54) is 6.92 Å². The molecule has 5 nitrogen and oxygen atoms in total. The molecule has 0 aromatic heterocycles. The number of ketones is 1. The van der Waals surface area contributed by atoms with E-state index in [-0.39, 0.29) is 18.3 Å². The van der Waals surface area contributed by atoms with Crippen molar-refractivity contribution < 1.29 is 19.1 Å². The molecular weight excluding hydrogens is 270 g/mol. The average Bonchev–Trinajstić information content (AvgIpc) is 2.44. The fraction of sp³-hybridized carbons (Fsp3) is 0.438. The number of benzene rings is 1. The summed E-state index contributed by atoms with van der Waals surface area (Å²) in [5.41, 5.74) is 0.956. The van der Waals surface area contributed by atoms with E-state index in [1.807, 2.05) is 30.3 Å². The summed E-state index contributed by atoms with van der Waals surface area (Å²) in [6.07, 6.45) is 0.417. The first-order valence-electron chi connectivity index (χ1n) is 6.90. The van der Waals surface area contributed by atoms with E-state index in [0.29, 0.717) is 6.42 Å². The lowest BCUT2D eigenvalue weighted by atomic mass is 10.0. The van der Waals surface area contributed by atoms with Crippen LogP contribution in [0, 0.1) is 5.92 Å². The second-order valence-corrected chi connectivity index (χ2v) is 5.18. The Hall–Kier alpha value is -2.17. The van der Waals surface area contributed by atoms with Gasteiger partial charge in [0.05, 0.1) is 12.0 Å². The van der Waals surface area contributed by atoms with Gasteiger partial charge in [0.2, 0.25) is 0 Å². The molecule has 5 heteroatoms. The molecule has 0 fully saturated rings. The van der Waals surface area contributed by atoms with Gasteiger partial charge in [0.1, 0.15) is 0 Å². The zero-order chi connectivity index (χ0) is 15.8. The Morgan fingerprint density at radius 1 is 1.14 bits per heavy atom. The van der Waals surface area contributed by atoms with Crippen molar-refractivity contribution in [2.24, 2.45) is 5.92 Å². The third kappa shape index (κ3) is 6.21. The zero-order valence-electron chi connectivity index (χ0n) is 12.6. The number of Topliss-reactive ketones (excluding diaryl/α,β-unsaturated/α-hetero) is 1. The molecule has 1 atom stereocenters. The largest absolute Gasteiger partial charge is 0.455 e. The Morgan fingerprint density at radius 3 is 2.29 bits per heavy atom. The summed E-state index contributed by atoms with van der Waals surface area (Å²) >= 11 is 0. The smallest absolute Gasteiger partial charge is 0.308 e. The molecule has 114 valence electrons. The average molecular weight is 291 g/mol. The van der Waals surface area contributed by atoms with Crippen LogP contribution in [0.5, 0.6) is 0 Å². The summed E-state index contributed by atoms with van der Waals surface area (Å²) < 4.78 is 4.83. The van der Waals surface area contributed by atoms with Crippen LogP contribution in [0.1, 0.15) is 26.3 Å². The van der Waals surface area contributed by atoms with Gasteiger partial charge < -0.3 is 10.1 Å². The summed E-state index contributed by atoms with van der Waals surface area (Å²) in [6, 6.07) is 8.80. The van der Waals surface area contributed by atoms with Crippen molar-refractivity contribution in [2.75, 3.05) is 6.61 Å². The predicted molar refractivity (Wildman–Crippen MR) is 78.6 cm³/mol. The number of carbonyl (C=O) groups excluding carboxylic acids is 3. The number of hydrogen-bond acceptors (Lipinski definition) is 4. The maximum atomic E-state index is 11.7. The predicted octanol–water partition coefficient (Wildman–Crippen LogP) is 1.50. The van der Waals surface area contributed by atoms with Crippen LogP contribution in [-0.2, 0) is 25.5 Å². The topological polar surface area (TPSA) is 72.5 Å². The second kappa shape index (κ2) is 8.19. The summed E-state index contributed by atoms with van der Waals surface area (Å²) in [5, 5.41) is 2.59. The molecule has 0 aliphatic rings. The van der Waals surface area contributed by atoms with E-state index in [1.54, 1.807) is 13.8 Å². The minimum Gasteiger partial charge on any atom is -0.455 e. The summed E-state index contributed by atoms with van der Waals surface area (Å²) in [7, 11) is 0. The van der Waals surface area contributed by atoms with Crippen LogP contribution in [0.4, 0.5) is 0 Å². The number of nitrogens with one attached hydrogen (secondary N) is 1. The van der Waals surface area contributed by atoms with Crippen molar-refractivity contribution in [1.82, 2.24) is 5.32 Å². The number of esters is 1. The molecule has 1 rings (SSSR count). The zero-order valence-corrected chi connectivity index (χ0v) is 12.6. The lowest BCUT2D eigenvalue weighted by Gasteiger charge is -2.16. The monoisotopic (exact) mass is 291 g/mol. The molecule has 0 unspecified atom stereocenters. The number of hydrogen-bond donors (Lipinski definition) is 1. The fourth-order valence-electron chi connectivity index (χ4n) is 1.69. The Bertz CT molecular complexity index is 496. The number of rotatable bonds is 7. The van der Waals surface area contributed by atoms with Crippen LogP contribution in [-0.4, -0.2) is 30.3 Å². The molecule has 1 aromatic rings. The lowest BCUT2D eigenvalue weighted by molar-refractivity contribution is -0.151. The Kier molecular flexibility index (Phi) is 6.59. The van der Waals surface area contributed by atoms with Gasteiger partial charge in [-0.1, -0.05) is 44.2 Å². The quantitative estimate of drug-likeness (QED) is 0.773. The molecule has 0 spiro atoms. The van der Waals surface area contributed by atoms with Crippen molar-refractivity contribution in [3.05, 3.63) is 35.9 Å². The first-order valence-corrected chi connectivity index (χ1v) is 6.90. The molecule has 0 saturated carbocycles. The second-order valence-electron chi connectivity index (χ2n) is 5.18. The number of carbonyl (C=O) groups is 3. The van der Waals surface area contributed by atoms with Gasteiger partial charge >= 0.3 is 5.97 Å². The maximum absolute atomic E-state index is 11.7. The summed E-state index contributed by atoms with van der Waals surface area (Å²) in [6.45, 7) is 4.44. The van der Waals surface area contributed by atoms with E-state index in [4.69, 9.17) is 4.74 Å². The molecule has 0 aliphatic carbocycles. The molecule has 1 amide bonds. The van der Waals surface area contributed by atoms with Gasteiger partial charge in [-0.15, -0.1) is 0 Å². The summed E-state index contributed by atoms with van der Waals surface area (Å²) in [5.74, 6) is -1.33. The first-order chi connectivity index (χ1) is 9.90. The highest BCUT2D eigenvalue weighted by molar-refractivity contribution is 5.88. The van der Waals surface area contributed by atoms with E-state index in [0.717, 1.165) is 5.56 Å². The molecule has 0 radical (unpaired) electrons. The van der Waals surface area contributed by atoms with Crippen LogP contribution in [0.2, 0.25) is 0 Å². The number of amides is 1. The first kappa shape index (κ1) is 16.9. The molecule has 0 bridgehead atoms. The molecule has 1 N–H and O–H groups in total. The highest BCUT2D eigenvalue weighted by Gasteiger charge is 2.19. The van der Waals surface area contributed by atoms with Crippen LogP contribution in [0.25, 0.3) is 0 Å². The van der Waals surface area contributed by atoms with Gasteiger partial charge in [0.25, 0.3) is 5.91 Å². The van der Waals surface area contributed by atoms with Gasteiger partial charge in [0.15, 0.2) is 12.4 Å². The molecule has 0 heterocycles. The van der Waals surface area contributed by atoms with Gasteiger partial charge in [-0.25, -0.2) is 0 Å². The van der Waals surface area contributed by atoms with Crippen molar-refractivity contribution in [3.8, 4) is 0 Å². The Balaban J connectivity index is 2.53. The lowest BCUT2D eigenvalue weighted by Crippen LogP contribution is -2.43. The Morgan fingerprint density at radius 2 is 1.76 bits per heavy atom. The van der Waals surface area contributed by atoms with E-state index >= 15 is 0 Å². The van der Waals surface area contributed by atoms with Crippen LogP contribution in [0.15, 0.2) is 30.3 Å². The number of ether oxygens (including phenoxy) is 1. The van der Waals surface area contributed by atoms with E-state index in [2.05, 4.69) is 5.32 Å². The van der Waals surface area contributed by atoms with Crippen molar-refractivity contribution >= 4 is 17.7 Å². The minimum absolute atomic E-state index is 0.137. The molecule has 0 aliphatic heterocycles. The fourth-order valence-corrected chi connectivity index (χ4v) is 1.69. The highest BCUT2D eigenvalue weighted by atomic mass is 16.5. The van der Waals surface area contributed by atoms with Crippen LogP contribution >= 0.6 is 0 Å². The van der Waals surface area contributed by atoms with Crippen molar-refractivity contribution in [2.45, 2.75) is 33.2 Å². The van der Waals surface area contributed by atoms with Crippen LogP contribution < -0.4 is 5.32 Å². The molecular formula is C16H21NO4. The molecule has 0 saturated heterocycles. The summed E-state index contributed by atoms with van der Waals surface area (Å²) in [4.78, 5) is 34.6. The Labute approximate surface area is 124 Å². The normalized spacial score (nSPS) is 11.8. The van der Waals surface area contributed by atoms with E-state index < -0.39 is 17.9 Å². The minimum atomic E-state index is -0.613. The van der Waals surface area contributed by atoms with Gasteiger partial charge in [-0.05, 0) is 18.9 Å². The maximum Gasteiger partial charge on any atom is 0.308 e. The highest BCUT2D eigenvalue weighted by Crippen LogP contribution is 2.04. The van der Waals surface area contributed by atoms with Crippen molar-refractivity contribution in [1.29, 1.82) is 0 Å².